The van der Waals surface area contributed by atoms with Gasteiger partial charge in [-0.15, -0.1) is 0 Å². The van der Waals surface area contributed by atoms with Crippen LogP contribution in [0.25, 0.3) is 0 Å². The largest absolute Gasteiger partial charge is 0.396 e. The molecule has 1 fully saturated rings. The zero-order valence-corrected chi connectivity index (χ0v) is 13.5. The summed E-state index contributed by atoms with van der Waals surface area (Å²) in [5.74, 6) is 0. The van der Waals surface area contributed by atoms with E-state index in [2.05, 4.69) is 0 Å². The summed E-state index contributed by atoms with van der Waals surface area (Å²) >= 11 is 11.9. The summed E-state index contributed by atoms with van der Waals surface area (Å²) in [6, 6.07) is 2.81. The lowest BCUT2D eigenvalue weighted by Gasteiger charge is -2.40. The predicted octanol–water partition coefficient (Wildman–Crippen LogP) is 2.38. The molecule has 8 heteroatoms. The predicted molar refractivity (Wildman–Crippen MR) is 79.7 cm³/mol. The van der Waals surface area contributed by atoms with Crippen LogP contribution in [0.4, 0.5) is 5.69 Å². The Morgan fingerprint density at radius 2 is 2.00 bits per heavy atom. The summed E-state index contributed by atoms with van der Waals surface area (Å²) in [5.41, 5.74) is 5.13. The number of ether oxygens (including phenoxy) is 1. The molecule has 0 radical (unpaired) electrons. The first-order valence-corrected chi connectivity index (χ1v) is 8.21. The average Bonchev–Trinajstić information content (AvgIpc) is 2.34. The summed E-state index contributed by atoms with van der Waals surface area (Å²) in [6.07, 6.45) is 0. The lowest BCUT2D eigenvalue weighted by Crippen LogP contribution is -2.55. The highest BCUT2D eigenvalue weighted by Crippen LogP contribution is 2.36. The quantitative estimate of drug-likeness (QED) is 0.840. The Labute approximate surface area is 128 Å². The van der Waals surface area contributed by atoms with Crippen LogP contribution < -0.4 is 5.73 Å². The van der Waals surface area contributed by atoms with Crippen LogP contribution in [0.15, 0.2) is 17.0 Å². The molecular weight excluding hydrogens is 323 g/mol. The number of hydrogen-bond acceptors (Lipinski definition) is 4. The van der Waals surface area contributed by atoms with E-state index in [0.717, 1.165) is 0 Å². The van der Waals surface area contributed by atoms with Crippen LogP contribution in [-0.2, 0) is 14.8 Å². The normalized spacial score (nSPS) is 20.0. The molecule has 0 aliphatic carbocycles. The molecule has 0 unspecified atom stereocenters. The average molecular weight is 339 g/mol. The molecule has 2 rings (SSSR count). The maximum atomic E-state index is 12.8. The van der Waals surface area contributed by atoms with Crippen molar-refractivity contribution >= 4 is 38.9 Å². The van der Waals surface area contributed by atoms with Gasteiger partial charge in [0, 0.05) is 6.54 Å². The van der Waals surface area contributed by atoms with E-state index in [1.807, 2.05) is 0 Å². The molecule has 0 aromatic heterocycles. The first-order chi connectivity index (χ1) is 9.18. The molecule has 1 saturated heterocycles. The molecule has 112 valence electrons. The van der Waals surface area contributed by atoms with Gasteiger partial charge in [0.25, 0.3) is 0 Å². The van der Waals surface area contributed by atoms with E-state index < -0.39 is 15.6 Å². The van der Waals surface area contributed by atoms with Crippen LogP contribution in [0.5, 0.6) is 0 Å². The Bertz CT molecular complexity index is 632. The second-order valence-corrected chi connectivity index (χ2v) is 7.83. The fraction of sp³-hybridized carbons (Fsp3) is 0.500. The number of morpholine rings is 1. The van der Waals surface area contributed by atoms with Crippen molar-refractivity contribution in [3.05, 3.63) is 22.2 Å². The third-order valence-corrected chi connectivity index (χ3v) is 6.23. The van der Waals surface area contributed by atoms with Gasteiger partial charge in [0.1, 0.15) is 4.90 Å². The van der Waals surface area contributed by atoms with Gasteiger partial charge >= 0.3 is 0 Å². The molecule has 0 spiro atoms. The van der Waals surface area contributed by atoms with E-state index in [-0.39, 0.29) is 27.2 Å². The van der Waals surface area contributed by atoms with E-state index in [0.29, 0.717) is 13.2 Å². The zero-order chi connectivity index (χ0) is 15.1. The fourth-order valence-electron chi connectivity index (χ4n) is 2.16. The molecular formula is C12H16Cl2N2O3S. The molecule has 1 heterocycles. The Kier molecular flexibility index (Phi) is 4.24. The van der Waals surface area contributed by atoms with Gasteiger partial charge < -0.3 is 10.5 Å². The number of benzene rings is 1. The minimum absolute atomic E-state index is 0.0314. The van der Waals surface area contributed by atoms with Crippen LogP contribution in [0.2, 0.25) is 10.0 Å². The van der Waals surface area contributed by atoms with Gasteiger partial charge in [0.15, 0.2) is 0 Å². The van der Waals surface area contributed by atoms with Gasteiger partial charge in [-0.1, -0.05) is 23.2 Å². The topological polar surface area (TPSA) is 72.6 Å². The lowest BCUT2D eigenvalue weighted by molar-refractivity contribution is -0.00770. The number of hydrogen-bond donors (Lipinski definition) is 1. The molecule has 1 aliphatic heterocycles. The fourth-order valence-corrected chi connectivity index (χ4v) is 4.65. The Morgan fingerprint density at radius 3 is 2.60 bits per heavy atom. The van der Waals surface area contributed by atoms with E-state index in [1.165, 1.54) is 16.4 Å². The number of rotatable bonds is 2. The molecule has 20 heavy (non-hydrogen) atoms. The van der Waals surface area contributed by atoms with E-state index in [9.17, 15) is 8.42 Å². The van der Waals surface area contributed by atoms with Gasteiger partial charge in [-0.25, -0.2) is 8.42 Å². The molecule has 5 nitrogen and oxygen atoms in total. The van der Waals surface area contributed by atoms with Crippen molar-refractivity contribution in [1.82, 2.24) is 4.31 Å². The van der Waals surface area contributed by atoms with E-state index in [4.69, 9.17) is 33.7 Å². The summed E-state index contributed by atoms with van der Waals surface area (Å²) in [7, 11) is -3.76. The minimum Gasteiger partial charge on any atom is -0.396 e. The number of anilines is 1. The van der Waals surface area contributed by atoms with Gasteiger partial charge in [-0.05, 0) is 26.0 Å². The molecule has 2 N–H and O–H groups in total. The minimum atomic E-state index is -3.76. The van der Waals surface area contributed by atoms with Crippen molar-refractivity contribution in [2.24, 2.45) is 0 Å². The second kappa shape index (κ2) is 5.35. The number of halogens is 2. The Morgan fingerprint density at radius 1 is 1.35 bits per heavy atom. The highest BCUT2D eigenvalue weighted by Gasteiger charge is 2.40. The van der Waals surface area contributed by atoms with Crippen molar-refractivity contribution in [3.8, 4) is 0 Å². The molecule has 0 amide bonds. The number of nitrogens with zero attached hydrogens (tertiary/aromatic N) is 1. The monoisotopic (exact) mass is 338 g/mol. The first kappa shape index (κ1) is 15.9. The molecule has 1 aliphatic rings. The van der Waals surface area contributed by atoms with Crippen molar-refractivity contribution < 1.29 is 13.2 Å². The highest BCUT2D eigenvalue weighted by molar-refractivity contribution is 7.89. The summed E-state index contributed by atoms with van der Waals surface area (Å²) in [6.45, 7) is 4.55. The van der Waals surface area contributed by atoms with Gasteiger partial charge in [0.05, 0.1) is 34.5 Å². The van der Waals surface area contributed by atoms with Crippen LogP contribution in [-0.4, -0.2) is 38.0 Å². The van der Waals surface area contributed by atoms with Crippen molar-refractivity contribution in [2.45, 2.75) is 24.3 Å². The molecule has 1 aromatic carbocycles. The second-order valence-electron chi connectivity index (χ2n) is 5.22. The summed E-state index contributed by atoms with van der Waals surface area (Å²) in [5, 5.41) is 0.190. The highest BCUT2D eigenvalue weighted by atomic mass is 35.5. The molecule has 0 bridgehead atoms. The maximum Gasteiger partial charge on any atom is 0.245 e. The maximum absolute atomic E-state index is 12.8. The smallest absolute Gasteiger partial charge is 0.245 e. The Hall–Kier alpha value is -0.530. The standard InChI is InChI=1S/C12H16Cl2N2O3S/c1-12(2)7-19-6-5-16(12)20(17,18)9-4-3-8(13)11(15)10(9)14/h3-4H,5-7,15H2,1-2H3. The SMILES string of the molecule is CC1(C)COCCN1S(=O)(=O)c1ccc(Cl)c(N)c1Cl. The van der Waals surface area contributed by atoms with Crippen LogP contribution in [0, 0.1) is 0 Å². The summed E-state index contributed by atoms with van der Waals surface area (Å²) in [4.78, 5) is -0.0314. The van der Waals surface area contributed by atoms with Crippen LogP contribution in [0.3, 0.4) is 0 Å². The van der Waals surface area contributed by atoms with Gasteiger partial charge in [0.2, 0.25) is 10.0 Å². The van der Waals surface area contributed by atoms with Gasteiger partial charge in [-0.2, -0.15) is 4.31 Å². The number of nitrogens with two attached hydrogens (primary N) is 1. The van der Waals surface area contributed by atoms with Crippen LogP contribution in [0.1, 0.15) is 13.8 Å². The van der Waals surface area contributed by atoms with Crippen LogP contribution >= 0.6 is 23.2 Å². The molecule has 1 aromatic rings. The van der Waals surface area contributed by atoms with E-state index >= 15 is 0 Å². The summed E-state index contributed by atoms with van der Waals surface area (Å²) < 4.78 is 32.3. The first-order valence-electron chi connectivity index (χ1n) is 6.02. The lowest BCUT2D eigenvalue weighted by atomic mass is 10.1. The molecule has 0 saturated carbocycles. The van der Waals surface area contributed by atoms with Crippen molar-refractivity contribution in [1.29, 1.82) is 0 Å². The molecule has 0 atom stereocenters. The van der Waals surface area contributed by atoms with Crippen molar-refractivity contribution in [3.63, 3.8) is 0 Å². The zero-order valence-electron chi connectivity index (χ0n) is 11.2. The van der Waals surface area contributed by atoms with E-state index in [1.54, 1.807) is 13.8 Å². The number of sulfonamides is 1. The Balaban J connectivity index is 2.53. The number of nitrogen functional groups attached to an aromatic ring is 1. The third-order valence-electron chi connectivity index (χ3n) is 3.23. The third kappa shape index (κ3) is 2.63. The van der Waals surface area contributed by atoms with Crippen molar-refractivity contribution in [2.75, 3.05) is 25.5 Å². The van der Waals surface area contributed by atoms with Gasteiger partial charge in [-0.3, -0.25) is 0 Å².